The summed E-state index contributed by atoms with van der Waals surface area (Å²) in [6.07, 6.45) is 0. The maximum atomic E-state index is 13.6. The standard InChI is InChI=1S/C14H14ClFN2O2S/c1-8(2)14(13-4-3-5-21-13)17-11-7-10(16)9(15)6-12(11)18(19)20/h3-8,14,17H,1-2H3. The van der Waals surface area contributed by atoms with Crippen molar-refractivity contribution in [3.8, 4) is 0 Å². The van der Waals surface area contributed by atoms with E-state index in [0.717, 1.165) is 17.0 Å². The first-order valence-electron chi connectivity index (χ1n) is 6.33. The smallest absolute Gasteiger partial charge is 0.294 e. The van der Waals surface area contributed by atoms with Crippen molar-refractivity contribution in [2.45, 2.75) is 19.9 Å². The Labute approximate surface area is 130 Å². The molecule has 21 heavy (non-hydrogen) atoms. The number of hydrogen-bond acceptors (Lipinski definition) is 4. The highest BCUT2D eigenvalue weighted by molar-refractivity contribution is 7.10. The molecule has 0 amide bonds. The van der Waals surface area contributed by atoms with Gasteiger partial charge in [-0.1, -0.05) is 31.5 Å². The summed E-state index contributed by atoms with van der Waals surface area (Å²) in [5.41, 5.74) is -0.0994. The summed E-state index contributed by atoms with van der Waals surface area (Å²) in [7, 11) is 0. The van der Waals surface area contributed by atoms with Gasteiger partial charge in [0.15, 0.2) is 0 Å². The summed E-state index contributed by atoms with van der Waals surface area (Å²) in [6.45, 7) is 3.99. The molecule has 2 aromatic rings. The molecule has 2 rings (SSSR count). The molecule has 0 radical (unpaired) electrons. The minimum Gasteiger partial charge on any atom is -0.372 e. The zero-order valence-corrected chi connectivity index (χ0v) is 13.0. The number of halogens is 2. The molecule has 0 aliphatic heterocycles. The van der Waals surface area contributed by atoms with Crippen molar-refractivity contribution >= 4 is 34.3 Å². The topological polar surface area (TPSA) is 55.2 Å². The van der Waals surface area contributed by atoms with Gasteiger partial charge in [-0.25, -0.2) is 4.39 Å². The van der Waals surface area contributed by atoms with Gasteiger partial charge in [-0.3, -0.25) is 10.1 Å². The molecule has 0 aliphatic rings. The molecule has 112 valence electrons. The molecule has 0 spiro atoms. The van der Waals surface area contributed by atoms with E-state index in [9.17, 15) is 14.5 Å². The van der Waals surface area contributed by atoms with Crippen LogP contribution in [0.3, 0.4) is 0 Å². The number of nitrogens with one attached hydrogen (secondary N) is 1. The predicted octanol–water partition coefficient (Wildman–Crippen LogP) is 5.26. The number of rotatable bonds is 5. The molecule has 0 bridgehead atoms. The van der Waals surface area contributed by atoms with Gasteiger partial charge in [0.25, 0.3) is 5.69 Å². The van der Waals surface area contributed by atoms with Crippen LogP contribution in [0.2, 0.25) is 5.02 Å². The van der Waals surface area contributed by atoms with Gasteiger partial charge in [0.2, 0.25) is 0 Å². The van der Waals surface area contributed by atoms with E-state index in [4.69, 9.17) is 11.6 Å². The summed E-state index contributed by atoms with van der Waals surface area (Å²) in [6, 6.07) is 5.83. The molecule has 4 nitrogen and oxygen atoms in total. The number of thiophene rings is 1. The SMILES string of the molecule is CC(C)C(Nc1cc(F)c(Cl)cc1[N+](=O)[O-])c1cccs1. The van der Waals surface area contributed by atoms with E-state index in [1.807, 2.05) is 31.4 Å². The first kappa shape index (κ1) is 15.7. The first-order chi connectivity index (χ1) is 9.90. The molecule has 1 heterocycles. The molecule has 0 fully saturated rings. The zero-order chi connectivity index (χ0) is 15.6. The van der Waals surface area contributed by atoms with Crippen LogP contribution in [0.5, 0.6) is 0 Å². The normalized spacial score (nSPS) is 12.4. The molecular formula is C14H14ClFN2O2S. The fourth-order valence-electron chi connectivity index (χ4n) is 2.01. The lowest BCUT2D eigenvalue weighted by molar-refractivity contribution is -0.384. The van der Waals surface area contributed by atoms with Gasteiger partial charge in [-0.2, -0.15) is 0 Å². The molecule has 1 N–H and O–H groups in total. The molecule has 1 atom stereocenters. The minimum absolute atomic E-state index is 0.133. The Morgan fingerprint density at radius 2 is 2.14 bits per heavy atom. The van der Waals surface area contributed by atoms with Crippen LogP contribution in [-0.4, -0.2) is 4.92 Å². The fourth-order valence-corrected chi connectivity index (χ4v) is 3.11. The van der Waals surface area contributed by atoms with Crippen LogP contribution in [-0.2, 0) is 0 Å². The molecule has 1 unspecified atom stereocenters. The third kappa shape index (κ3) is 3.51. The number of benzene rings is 1. The molecular weight excluding hydrogens is 315 g/mol. The van der Waals surface area contributed by atoms with Crippen LogP contribution in [0.25, 0.3) is 0 Å². The Morgan fingerprint density at radius 3 is 2.67 bits per heavy atom. The van der Waals surface area contributed by atoms with E-state index < -0.39 is 10.7 Å². The molecule has 0 saturated heterocycles. The second kappa shape index (κ2) is 6.41. The predicted molar refractivity (Wildman–Crippen MR) is 83.6 cm³/mol. The third-order valence-electron chi connectivity index (χ3n) is 3.06. The molecule has 1 aromatic heterocycles. The van der Waals surface area contributed by atoms with E-state index in [-0.39, 0.29) is 28.4 Å². The summed E-state index contributed by atoms with van der Waals surface area (Å²) >= 11 is 7.17. The van der Waals surface area contributed by atoms with Crippen LogP contribution in [0, 0.1) is 21.8 Å². The van der Waals surface area contributed by atoms with Gasteiger partial charge in [0.1, 0.15) is 11.5 Å². The lowest BCUT2D eigenvalue weighted by atomic mass is 10.0. The van der Waals surface area contributed by atoms with Crippen molar-refractivity contribution in [2.75, 3.05) is 5.32 Å². The Morgan fingerprint density at radius 1 is 1.43 bits per heavy atom. The highest BCUT2D eigenvalue weighted by Gasteiger charge is 2.23. The lowest BCUT2D eigenvalue weighted by Crippen LogP contribution is -2.16. The molecule has 1 aromatic carbocycles. The van der Waals surface area contributed by atoms with Crippen molar-refractivity contribution in [2.24, 2.45) is 5.92 Å². The van der Waals surface area contributed by atoms with E-state index in [0.29, 0.717) is 0 Å². The largest absolute Gasteiger partial charge is 0.372 e. The van der Waals surface area contributed by atoms with E-state index in [1.54, 1.807) is 11.3 Å². The van der Waals surface area contributed by atoms with Crippen LogP contribution in [0.4, 0.5) is 15.8 Å². The molecule has 0 aliphatic carbocycles. The third-order valence-corrected chi connectivity index (χ3v) is 4.31. The van der Waals surface area contributed by atoms with Gasteiger partial charge in [0, 0.05) is 17.0 Å². The van der Waals surface area contributed by atoms with E-state index in [2.05, 4.69) is 5.32 Å². The highest BCUT2D eigenvalue weighted by Crippen LogP contribution is 2.36. The van der Waals surface area contributed by atoms with Gasteiger partial charge in [0.05, 0.1) is 16.0 Å². The van der Waals surface area contributed by atoms with Crippen molar-refractivity contribution in [3.05, 3.63) is 55.5 Å². The zero-order valence-electron chi connectivity index (χ0n) is 11.5. The van der Waals surface area contributed by atoms with E-state index >= 15 is 0 Å². The summed E-state index contributed by atoms with van der Waals surface area (Å²) in [4.78, 5) is 11.6. The van der Waals surface area contributed by atoms with Crippen LogP contribution >= 0.6 is 22.9 Å². The number of hydrogen-bond donors (Lipinski definition) is 1. The van der Waals surface area contributed by atoms with Crippen molar-refractivity contribution in [1.82, 2.24) is 0 Å². The van der Waals surface area contributed by atoms with Crippen LogP contribution in [0.1, 0.15) is 24.8 Å². The van der Waals surface area contributed by atoms with Crippen LogP contribution in [0.15, 0.2) is 29.6 Å². The summed E-state index contributed by atoms with van der Waals surface area (Å²) < 4.78 is 13.6. The van der Waals surface area contributed by atoms with Crippen molar-refractivity contribution in [1.29, 1.82) is 0 Å². The average Bonchev–Trinajstić information content (AvgIpc) is 2.92. The molecule has 7 heteroatoms. The minimum atomic E-state index is -0.682. The number of anilines is 1. The van der Waals surface area contributed by atoms with Gasteiger partial charge in [-0.05, 0) is 17.4 Å². The van der Waals surface area contributed by atoms with Crippen molar-refractivity contribution < 1.29 is 9.31 Å². The van der Waals surface area contributed by atoms with Gasteiger partial charge >= 0.3 is 0 Å². The van der Waals surface area contributed by atoms with Gasteiger partial charge < -0.3 is 5.32 Å². The Bertz CT molecular complexity index is 647. The fraction of sp³-hybridized carbons (Fsp3) is 0.286. The monoisotopic (exact) mass is 328 g/mol. The van der Waals surface area contributed by atoms with Crippen LogP contribution < -0.4 is 5.32 Å². The second-order valence-corrected chi connectivity index (χ2v) is 6.31. The Hall–Kier alpha value is -1.66. The van der Waals surface area contributed by atoms with E-state index in [1.165, 1.54) is 0 Å². The maximum Gasteiger partial charge on any atom is 0.294 e. The summed E-state index contributed by atoms with van der Waals surface area (Å²) in [5, 5.41) is 15.9. The van der Waals surface area contributed by atoms with Crippen molar-refractivity contribution in [3.63, 3.8) is 0 Å². The average molecular weight is 329 g/mol. The van der Waals surface area contributed by atoms with Gasteiger partial charge in [-0.15, -0.1) is 11.3 Å². The summed E-state index contributed by atoms with van der Waals surface area (Å²) in [5.74, 6) is -0.500. The Kier molecular flexibility index (Phi) is 4.80. The highest BCUT2D eigenvalue weighted by atomic mass is 35.5. The Balaban J connectivity index is 2.41. The quantitative estimate of drug-likeness (QED) is 0.601. The maximum absolute atomic E-state index is 13.6. The second-order valence-electron chi connectivity index (χ2n) is 4.92. The first-order valence-corrected chi connectivity index (χ1v) is 7.59. The number of nitro benzene ring substituents is 1. The number of nitro groups is 1. The molecule has 0 saturated carbocycles. The number of nitrogens with zero attached hydrogens (tertiary/aromatic N) is 1. The lowest BCUT2D eigenvalue weighted by Gasteiger charge is -2.22.